The molecule has 2 rings (SSSR count). The SMILES string of the molecule is O=C(C[n+]1ccccc1)N/N=C\C=C\c1ccccc1[N+](=O)[O-]. The maximum Gasteiger partial charge on any atom is 0.305 e. The van der Waals surface area contributed by atoms with Gasteiger partial charge in [-0.25, -0.2) is 5.43 Å². The number of nitro benzene ring substituents is 1. The lowest BCUT2D eigenvalue weighted by molar-refractivity contribution is -0.684. The third-order valence-corrected chi connectivity index (χ3v) is 2.86. The van der Waals surface area contributed by atoms with Crippen molar-refractivity contribution in [1.82, 2.24) is 5.43 Å². The number of hydrazone groups is 1. The van der Waals surface area contributed by atoms with Gasteiger partial charge in [0, 0.05) is 24.4 Å². The number of carbonyl (C=O) groups excluding carboxylic acids is 1. The number of nitrogens with one attached hydrogen (secondary N) is 1. The molecule has 116 valence electrons. The van der Waals surface area contributed by atoms with Crippen LogP contribution >= 0.6 is 0 Å². The van der Waals surface area contributed by atoms with Gasteiger partial charge in [0.15, 0.2) is 12.4 Å². The van der Waals surface area contributed by atoms with Crippen LogP contribution in [0.1, 0.15) is 5.56 Å². The summed E-state index contributed by atoms with van der Waals surface area (Å²) in [5.74, 6) is -0.267. The van der Waals surface area contributed by atoms with Crippen molar-refractivity contribution in [3.63, 3.8) is 0 Å². The van der Waals surface area contributed by atoms with E-state index in [4.69, 9.17) is 0 Å². The van der Waals surface area contributed by atoms with Gasteiger partial charge in [-0.3, -0.25) is 14.9 Å². The van der Waals surface area contributed by atoms with Crippen LogP contribution in [0.3, 0.4) is 0 Å². The lowest BCUT2D eigenvalue weighted by Crippen LogP contribution is -2.40. The summed E-state index contributed by atoms with van der Waals surface area (Å²) in [6.45, 7) is 0.159. The van der Waals surface area contributed by atoms with E-state index in [0.717, 1.165) is 0 Å². The Morgan fingerprint density at radius 1 is 1.22 bits per heavy atom. The lowest BCUT2D eigenvalue weighted by Gasteiger charge is -1.96. The van der Waals surface area contributed by atoms with Crippen LogP contribution in [0.4, 0.5) is 5.69 Å². The Labute approximate surface area is 132 Å². The van der Waals surface area contributed by atoms with Crippen molar-refractivity contribution in [3.8, 4) is 0 Å². The molecule has 0 spiro atoms. The van der Waals surface area contributed by atoms with Gasteiger partial charge >= 0.3 is 5.91 Å². The molecule has 7 heteroatoms. The second kappa shape index (κ2) is 8.18. The van der Waals surface area contributed by atoms with Gasteiger partial charge in [0.05, 0.1) is 10.5 Å². The summed E-state index contributed by atoms with van der Waals surface area (Å²) in [6.07, 6.45) is 8.00. The summed E-state index contributed by atoms with van der Waals surface area (Å²) in [4.78, 5) is 22.0. The molecule has 0 aliphatic heterocycles. The summed E-state index contributed by atoms with van der Waals surface area (Å²) < 4.78 is 1.72. The first-order chi connectivity index (χ1) is 11.2. The first kappa shape index (κ1) is 16.0. The Kier molecular flexibility index (Phi) is 5.70. The topological polar surface area (TPSA) is 88.5 Å². The zero-order valence-corrected chi connectivity index (χ0v) is 12.2. The molecule has 7 nitrogen and oxygen atoms in total. The second-order valence-corrected chi connectivity index (χ2v) is 4.54. The minimum Gasteiger partial charge on any atom is -0.266 e. The average Bonchev–Trinajstić information content (AvgIpc) is 2.55. The zero-order valence-electron chi connectivity index (χ0n) is 12.2. The van der Waals surface area contributed by atoms with E-state index in [2.05, 4.69) is 10.5 Å². The largest absolute Gasteiger partial charge is 0.305 e. The van der Waals surface area contributed by atoms with Crippen molar-refractivity contribution in [2.24, 2.45) is 5.10 Å². The highest BCUT2D eigenvalue weighted by atomic mass is 16.6. The van der Waals surface area contributed by atoms with E-state index in [-0.39, 0.29) is 18.1 Å². The molecule has 0 atom stereocenters. The summed E-state index contributed by atoms with van der Waals surface area (Å²) in [7, 11) is 0. The van der Waals surface area contributed by atoms with E-state index >= 15 is 0 Å². The maximum absolute atomic E-state index is 11.6. The molecule has 0 saturated carbocycles. The van der Waals surface area contributed by atoms with Crippen LogP contribution in [0.15, 0.2) is 66.0 Å². The number of aromatic nitrogens is 1. The summed E-state index contributed by atoms with van der Waals surface area (Å²) in [6, 6.07) is 11.9. The molecule has 0 radical (unpaired) electrons. The minimum atomic E-state index is -0.449. The van der Waals surface area contributed by atoms with Gasteiger partial charge in [0.2, 0.25) is 6.54 Å². The molecule has 0 aliphatic rings. The first-order valence-electron chi connectivity index (χ1n) is 6.83. The zero-order chi connectivity index (χ0) is 16.5. The molecule has 23 heavy (non-hydrogen) atoms. The Morgan fingerprint density at radius 2 is 1.96 bits per heavy atom. The van der Waals surface area contributed by atoms with Gasteiger partial charge in [-0.05, 0) is 18.2 Å². The number of nitro groups is 1. The fourth-order valence-electron chi connectivity index (χ4n) is 1.83. The van der Waals surface area contributed by atoms with E-state index in [1.165, 1.54) is 18.4 Å². The number of pyridine rings is 1. The highest BCUT2D eigenvalue weighted by Gasteiger charge is 2.08. The predicted molar refractivity (Wildman–Crippen MR) is 85.4 cm³/mol. The Hall–Kier alpha value is -3.35. The minimum absolute atomic E-state index is 0.0154. The third kappa shape index (κ3) is 5.16. The Morgan fingerprint density at radius 3 is 2.70 bits per heavy atom. The Balaban J connectivity index is 1.87. The molecule has 1 aromatic carbocycles. The van der Waals surface area contributed by atoms with Gasteiger partial charge in [-0.1, -0.05) is 18.2 Å². The summed E-state index contributed by atoms with van der Waals surface area (Å²) >= 11 is 0. The highest BCUT2D eigenvalue weighted by Crippen LogP contribution is 2.18. The van der Waals surface area contributed by atoms with Gasteiger partial charge in [-0.15, -0.1) is 0 Å². The van der Waals surface area contributed by atoms with Gasteiger partial charge in [0.25, 0.3) is 5.69 Å². The Bertz CT molecular complexity index is 742. The van der Waals surface area contributed by atoms with Crippen molar-refractivity contribution >= 4 is 23.9 Å². The number of para-hydroxylation sites is 1. The molecule has 1 heterocycles. The van der Waals surface area contributed by atoms with Crippen molar-refractivity contribution in [1.29, 1.82) is 0 Å². The fraction of sp³-hybridized carbons (Fsp3) is 0.0625. The first-order valence-corrected chi connectivity index (χ1v) is 6.83. The van der Waals surface area contributed by atoms with Gasteiger partial charge in [0.1, 0.15) is 0 Å². The van der Waals surface area contributed by atoms with E-state index in [0.29, 0.717) is 5.56 Å². The fourth-order valence-corrected chi connectivity index (χ4v) is 1.83. The molecule has 2 aromatic rings. The van der Waals surface area contributed by atoms with Crippen LogP contribution in [0.25, 0.3) is 6.08 Å². The number of amides is 1. The van der Waals surface area contributed by atoms with E-state index in [1.54, 1.807) is 41.2 Å². The van der Waals surface area contributed by atoms with E-state index in [9.17, 15) is 14.9 Å². The van der Waals surface area contributed by atoms with Crippen molar-refractivity contribution in [2.45, 2.75) is 6.54 Å². The molecule has 1 N–H and O–H groups in total. The maximum atomic E-state index is 11.6. The molecule has 1 aromatic heterocycles. The third-order valence-electron chi connectivity index (χ3n) is 2.86. The van der Waals surface area contributed by atoms with Crippen molar-refractivity contribution in [2.75, 3.05) is 0 Å². The van der Waals surface area contributed by atoms with Crippen LogP contribution < -0.4 is 9.99 Å². The van der Waals surface area contributed by atoms with Crippen molar-refractivity contribution < 1.29 is 14.3 Å². The molecule has 0 saturated heterocycles. The quantitative estimate of drug-likeness (QED) is 0.381. The molecular formula is C16H15N4O3+. The van der Waals surface area contributed by atoms with Crippen LogP contribution in [0.5, 0.6) is 0 Å². The van der Waals surface area contributed by atoms with Crippen molar-refractivity contribution in [3.05, 3.63) is 76.6 Å². The standard InChI is InChI=1S/C16H14N4O3/c21-16(13-19-11-4-1-5-12-19)18-17-10-6-8-14-7-2-3-9-15(14)20(22)23/h1-12H,13H2/p+1/b8-6+,17-10-. The number of nitrogens with zero attached hydrogens (tertiary/aromatic N) is 3. The average molecular weight is 311 g/mol. The summed E-state index contributed by atoms with van der Waals surface area (Å²) in [5, 5.41) is 14.6. The molecule has 0 aliphatic carbocycles. The lowest BCUT2D eigenvalue weighted by atomic mass is 10.2. The highest BCUT2D eigenvalue weighted by molar-refractivity contribution is 5.81. The van der Waals surface area contributed by atoms with Gasteiger partial charge in [-0.2, -0.15) is 9.67 Å². The van der Waals surface area contributed by atoms with Gasteiger partial charge < -0.3 is 0 Å². The van der Waals surface area contributed by atoms with E-state index in [1.807, 2.05) is 18.2 Å². The molecule has 1 amide bonds. The van der Waals surface area contributed by atoms with Crippen LogP contribution in [0.2, 0.25) is 0 Å². The number of hydrogen-bond acceptors (Lipinski definition) is 4. The normalized spacial score (nSPS) is 11.0. The number of rotatable bonds is 6. The number of benzene rings is 1. The van der Waals surface area contributed by atoms with Crippen LogP contribution in [-0.4, -0.2) is 17.0 Å². The second-order valence-electron chi connectivity index (χ2n) is 4.54. The predicted octanol–water partition coefficient (Wildman–Crippen LogP) is 1.70. The summed E-state index contributed by atoms with van der Waals surface area (Å²) in [5.41, 5.74) is 2.86. The number of allylic oxidation sites excluding steroid dienone is 1. The number of hydrogen-bond donors (Lipinski definition) is 1. The molecule has 0 unspecified atom stereocenters. The van der Waals surface area contributed by atoms with Crippen LogP contribution in [-0.2, 0) is 11.3 Å². The van der Waals surface area contributed by atoms with Crippen LogP contribution in [0, 0.1) is 10.1 Å². The molecule has 0 fully saturated rings. The monoisotopic (exact) mass is 311 g/mol. The number of carbonyl (C=O) groups is 1. The molecule has 0 bridgehead atoms. The van der Waals surface area contributed by atoms with E-state index < -0.39 is 4.92 Å². The smallest absolute Gasteiger partial charge is 0.266 e. The molecular weight excluding hydrogens is 296 g/mol.